The summed E-state index contributed by atoms with van der Waals surface area (Å²) in [6, 6.07) is 1.27. The van der Waals surface area contributed by atoms with Crippen LogP contribution < -0.4 is 11.4 Å². The topological polar surface area (TPSA) is 239 Å². The van der Waals surface area contributed by atoms with Crippen molar-refractivity contribution in [2.45, 2.75) is 186 Å². The van der Waals surface area contributed by atoms with Crippen molar-refractivity contribution in [3.05, 3.63) is 22.7 Å². The molecule has 16 nitrogen and oxygen atoms in total. The molecular weight excluding hydrogens is 800 g/mol. The van der Waals surface area contributed by atoms with Crippen molar-refractivity contribution in [1.82, 2.24) is 9.55 Å². The van der Waals surface area contributed by atoms with Crippen molar-refractivity contribution in [2.75, 3.05) is 30.5 Å². The normalized spacial score (nSPS) is 20.9. The minimum absolute atomic E-state index is 0.0784. The lowest BCUT2D eigenvalue weighted by molar-refractivity contribution is -0.149. The van der Waals surface area contributed by atoms with E-state index in [4.69, 9.17) is 24.3 Å². The Morgan fingerprint density at radius 1 is 0.825 bits per heavy atom. The van der Waals surface area contributed by atoms with E-state index < -0.39 is 71.2 Å². The zero-order valence-corrected chi connectivity index (χ0v) is 36.8. The number of hydrogen-bond acceptors (Lipinski definition) is 14. The maximum atomic E-state index is 12.8. The van der Waals surface area contributed by atoms with Gasteiger partial charge in [0.1, 0.15) is 30.2 Å². The molecule has 0 radical (unpaired) electrons. The summed E-state index contributed by atoms with van der Waals surface area (Å²) in [6.07, 6.45) is 18.8. The molecule has 1 saturated heterocycles. The third-order valence-corrected chi connectivity index (χ3v) is 13.5. The first-order valence-electron chi connectivity index (χ1n) is 21.1. The van der Waals surface area contributed by atoms with E-state index >= 15 is 0 Å². The summed E-state index contributed by atoms with van der Waals surface area (Å²) in [4.78, 5) is 49.0. The molecule has 0 aromatic carbocycles. The molecule has 1 aliphatic rings. The smallest absolute Gasteiger partial charge is 0.459 e. The van der Waals surface area contributed by atoms with Crippen molar-refractivity contribution in [2.24, 2.45) is 0 Å². The molecule has 0 aliphatic carbocycles. The Bertz CT molecular complexity index is 1390. The van der Waals surface area contributed by atoms with Gasteiger partial charge in [0.15, 0.2) is 6.23 Å². The minimum atomic E-state index is -5.31. The fraction of sp³-hybridized carbons (Fsp3) is 0.868. The van der Waals surface area contributed by atoms with E-state index in [2.05, 4.69) is 23.1 Å². The molecule has 19 heteroatoms. The molecule has 0 bridgehead atoms. The number of unbranched alkanes of at least 4 members (excludes halogenated alkanes) is 19. The number of thioether (sulfide) groups is 1. The number of ether oxygens (including phenoxy) is 2. The molecule has 4 unspecified atom stereocenters. The number of nitrogen functional groups attached to an aromatic ring is 1. The summed E-state index contributed by atoms with van der Waals surface area (Å²) in [5, 5.41) is 20.8. The van der Waals surface area contributed by atoms with Gasteiger partial charge in [-0.2, -0.15) is 21.1 Å². The van der Waals surface area contributed by atoms with Gasteiger partial charge in [0.25, 0.3) is 0 Å². The van der Waals surface area contributed by atoms with Gasteiger partial charge in [-0.3, -0.25) is 18.4 Å². The number of carbonyl (C=O) groups is 1. The number of aliphatic hydroxyl groups is 2. The highest BCUT2D eigenvalue weighted by molar-refractivity contribution is 7.99. The van der Waals surface area contributed by atoms with Gasteiger partial charge in [-0.25, -0.2) is 13.9 Å². The van der Waals surface area contributed by atoms with Crippen LogP contribution in [0.3, 0.4) is 0 Å². The van der Waals surface area contributed by atoms with Crippen LogP contribution in [0.4, 0.5) is 5.82 Å². The summed E-state index contributed by atoms with van der Waals surface area (Å²) < 4.78 is 51.6. The molecule has 0 spiro atoms. The first-order chi connectivity index (χ1) is 27.3. The van der Waals surface area contributed by atoms with E-state index in [9.17, 15) is 38.7 Å². The predicted octanol–water partition coefficient (Wildman–Crippen LogP) is 7.96. The Labute approximate surface area is 343 Å². The quantitative estimate of drug-likeness (QED) is 0.0247. The Morgan fingerprint density at radius 2 is 1.33 bits per heavy atom. The molecule has 1 aliphatic heterocycles. The van der Waals surface area contributed by atoms with Crippen molar-refractivity contribution in [3.8, 4) is 0 Å². The minimum Gasteiger partial charge on any atom is -0.459 e. The van der Waals surface area contributed by atoms with Gasteiger partial charge in [-0.1, -0.05) is 136 Å². The van der Waals surface area contributed by atoms with E-state index in [1.807, 2.05) is 0 Å². The molecule has 2 rings (SSSR count). The van der Waals surface area contributed by atoms with Gasteiger partial charge < -0.3 is 35.2 Å². The fourth-order valence-electron chi connectivity index (χ4n) is 6.44. The third kappa shape index (κ3) is 23.3. The molecule has 1 aromatic rings. The van der Waals surface area contributed by atoms with Crippen molar-refractivity contribution < 1.29 is 56.8 Å². The van der Waals surface area contributed by atoms with Crippen LogP contribution in [0, 0.1) is 0 Å². The lowest BCUT2D eigenvalue weighted by Gasteiger charge is -2.21. The summed E-state index contributed by atoms with van der Waals surface area (Å²) in [7, 11) is -10.6. The van der Waals surface area contributed by atoms with Crippen LogP contribution in [0.25, 0.3) is 0 Å². The number of nitrogens with zero attached hydrogens (tertiary/aromatic N) is 2. The molecule has 2 heterocycles. The maximum Gasteiger partial charge on any atom is 0.481 e. The number of carbonyl (C=O) groups excluding carboxylic acids is 1. The zero-order chi connectivity index (χ0) is 41.9. The number of aromatic nitrogens is 2. The van der Waals surface area contributed by atoms with Gasteiger partial charge in [0.05, 0.1) is 13.2 Å². The fourth-order valence-corrected chi connectivity index (χ4v) is 9.55. The monoisotopic (exact) mass is 871 g/mol. The Hall–Kier alpha value is -1.36. The molecule has 57 heavy (non-hydrogen) atoms. The van der Waals surface area contributed by atoms with E-state index in [-0.39, 0.29) is 18.0 Å². The summed E-state index contributed by atoms with van der Waals surface area (Å²) in [5.74, 6) is 0.535. The Kier molecular flexibility index (Phi) is 27.1. The van der Waals surface area contributed by atoms with Crippen LogP contribution in [-0.2, 0) is 36.8 Å². The first-order valence-corrected chi connectivity index (χ1v) is 25.2. The standard InChI is InChI=1S/C38H71N3O13P2S/c1-3-5-7-9-11-13-14-15-17-19-21-23-27-57-30-31(52-34(42)24-22-20-18-16-12-10-8-6-4-2)28-50-55(46,47)54-56(48,49)51-29-32-35(43)36(44)37(53-32)41-26-25-33(39)40-38(41)45/h25-26,31-32,35-37,43-44H,3-24,27-30H2,1-2H3,(H,46,47)(H,48,49)(H2,39,40,45)/t31?,32-,35-,36+,37?/m1/s1. The molecule has 0 saturated carbocycles. The summed E-state index contributed by atoms with van der Waals surface area (Å²) in [5.41, 5.74) is 4.61. The maximum absolute atomic E-state index is 12.8. The highest BCUT2D eigenvalue weighted by Gasteiger charge is 2.46. The zero-order valence-electron chi connectivity index (χ0n) is 34.2. The van der Waals surface area contributed by atoms with Crippen LogP contribution in [0.1, 0.15) is 161 Å². The predicted molar refractivity (Wildman–Crippen MR) is 222 cm³/mol. The van der Waals surface area contributed by atoms with Gasteiger partial charge in [0, 0.05) is 18.4 Å². The number of nitrogens with two attached hydrogens (primary N) is 1. The highest BCUT2D eigenvalue weighted by atomic mass is 32.2. The molecule has 1 fully saturated rings. The SMILES string of the molecule is CCCCCCCCCCCCCCSCC(COP(=O)(O)OP(=O)(O)OC[C@H]1OC(n2ccc(N)nc2=O)[C@@H](O)[C@@H]1O)OC(=O)CCCCCCCCCCC. The number of anilines is 1. The number of phosphoric acid groups is 2. The third-order valence-electron chi connectivity index (χ3n) is 9.72. The van der Waals surface area contributed by atoms with E-state index in [1.54, 1.807) is 0 Å². The second-order valence-electron chi connectivity index (χ2n) is 14.9. The average Bonchev–Trinajstić information content (AvgIpc) is 3.43. The molecule has 7 atom stereocenters. The van der Waals surface area contributed by atoms with E-state index in [1.165, 1.54) is 114 Å². The molecule has 332 valence electrons. The number of aliphatic hydroxyl groups excluding tert-OH is 2. The number of hydrogen-bond donors (Lipinski definition) is 5. The van der Waals surface area contributed by atoms with Gasteiger partial charge >= 0.3 is 27.3 Å². The van der Waals surface area contributed by atoms with Gasteiger partial charge in [0.2, 0.25) is 0 Å². The van der Waals surface area contributed by atoms with Crippen LogP contribution in [0.2, 0.25) is 0 Å². The second kappa shape index (κ2) is 29.8. The molecule has 1 aromatic heterocycles. The van der Waals surface area contributed by atoms with Crippen molar-refractivity contribution in [1.29, 1.82) is 0 Å². The first kappa shape index (κ1) is 51.8. The molecular formula is C38H71N3O13P2S. The van der Waals surface area contributed by atoms with E-state index in [0.29, 0.717) is 6.42 Å². The van der Waals surface area contributed by atoms with Gasteiger partial charge in [-0.15, -0.1) is 0 Å². The Balaban J connectivity index is 1.81. The highest BCUT2D eigenvalue weighted by Crippen LogP contribution is 2.60. The van der Waals surface area contributed by atoms with E-state index in [0.717, 1.165) is 48.8 Å². The summed E-state index contributed by atoms with van der Waals surface area (Å²) in [6.45, 7) is 2.96. The second-order valence-corrected chi connectivity index (χ2v) is 19.0. The average molecular weight is 872 g/mol. The van der Waals surface area contributed by atoms with Gasteiger partial charge in [-0.05, 0) is 24.7 Å². The van der Waals surface area contributed by atoms with Crippen molar-refractivity contribution >= 4 is 39.2 Å². The number of esters is 1. The van der Waals surface area contributed by atoms with Crippen LogP contribution in [0.5, 0.6) is 0 Å². The molecule has 6 N–H and O–H groups in total. The van der Waals surface area contributed by atoms with Crippen LogP contribution >= 0.6 is 27.4 Å². The lowest BCUT2D eigenvalue weighted by Crippen LogP contribution is -2.36. The van der Waals surface area contributed by atoms with Crippen LogP contribution in [0.15, 0.2) is 17.1 Å². The summed E-state index contributed by atoms with van der Waals surface area (Å²) >= 11 is 1.53. The Morgan fingerprint density at radius 3 is 1.88 bits per heavy atom. The molecule has 0 amide bonds. The number of rotatable bonds is 35. The largest absolute Gasteiger partial charge is 0.481 e. The number of phosphoric ester groups is 2. The lowest BCUT2D eigenvalue weighted by atomic mass is 10.1. The van der Waals surface area contributed by atoms with Crippen LogP contribution in [-0.4, -0.2) is 84.7 Å². The van der Waals surface area contributed by atoms with Crippen molar-refractivity contribution in [3.63, 3.8) is 0 Å².